The summed E-state index contributed by atoms with van der Waals surface area (Å²) in [6.07, 6.45) is 1.49. The van der Waals surface area contributed by atoms with Crippen LogP contribution in [0.2, 0.25) is 0 Å². The molecule has 6 nitrogen and oxygen atoms in total. The van der Waals surface area contributed by atoms with E-state index < -0.39 is 17.7 Å². The van der Waals surface area contributed by atoms with E-state index in [4.69, 9.17) is 9.15 Å². The van der Waals surface area contributed by atoms with Gasteiger partial charge in [-0.3, -0.25) is 9.59 Å². The summed E-state index contributed by atoms with van der Waals surface area (Å²) in [4.78, 5) is 27.7. The van der Waals surface area contributed by atoms with Crippen LogP contribution in [0.4, 0.5) is 0 Å². The van der Waals surface area contributed by atoms with Crippen molar-refractivity contribution in [3.05, 3.63) is 93.9 Å². The Morgan fingerprint density at radius 3 is 2.50 bits per heavy atom. The molecule has 0 bridgehead atoms. The molecule has 1 amide bonds. The SMILES string of the molecule is COc1ccc(/C(O)=C2/C(=O)C(=O)N(Cc3cc(C)ccc3C)C2c2ccco2)c(C)c1. The van der Waals surface area contributed by atoms with Gasteiger partial charge in [0.05, 0.1) is 18.9 Å². The zero-order chi connectivity index (χ0) is 23.0. The Balaban J connectivity index is 1.85. The van der Waals surface area contributed by atoms with Crippen molar-refractivity contribution in [1.82, 2.24) is 4.90 Å². The number of furan rings is 1. The van der Waals surface area contributed by atoms with Gasteiger partial charge in [-0.2, -0.15) is 0 Å². The Labute approximate surface area is 186 Å². The number of ketones is 1. The normalized spacial score (nSPS) is 17.8. The van der Waals surface area contributed by atoms with E-state index in [1.165, 1.54) is 11.2 Å². The second-order valence-electron chi connectivity index (χ2n) is 8.05. The molecule has 1 N–H and O–H groups in total. The molecule has 1 aromatic heterocycles. The Morgan fingerprint density at radius 2 is 1.84 bits per heavy atom. The number of aryl methyl sites for hydroxylation is 3. The van der Waals surface area contributed by atoms with Crippen molar-refractivity contribution in [2.75, 3.05) is 7.11 Å². The first-order valence-electron chi connectivity index (χ1n) is 10.3. The fourth-order valence-corrected chi connectivity index (χ4v) is 4.11. The van der Waals surface area contributed by atoms with Gasteiger partial charge in [0.25, 0.3) is 11.7 Å². The summed E-state index contributed by atoms with van der Waals surface area (Å²) < 4.78 is 10.8. The largest absolute Gasteiger partial charge is 0.507 e. The number of hydrogen-bond donors (Lipinski definition) is 1. The van der Waals surface area contributed by atoms with Crippen molar-refractivity contribution in [2.45, 2.75) is 33.4 Å². The van der Waals surface area contributed by atoms with Gasteiger partial charge in [0.15, 0.2) is 0 Å². The second kappa shape index (κ2) is 8.38. The number of aliphatic hydroxyl groups is 1. The van der Waals surface area contributed by atoms with Crippen LogP contribution in [-0.2, 0) is 16.1 Å². The molecule has 0 radical (unpaired) electrons. The smallest absolute Gasteiger partial charge is 0.296 e. The summed E-state index contributed by atoms with van der Waals surface area (Å²) >= 11 is 0. The minimum Gasteiger partial charge on any atom is -0.507 e. The monoisotopic (exact) mass is 431 g/mol. The molecule has 1 unspecified atom stereocenters. The lowest BCUT2D eigenvalue weighted by atomic mass is 9.96. The second-order valence-corrected chi connectivity index (χ2v) is 8.05. The summed E-state index contributed by atoms with van der Waals surface area (Å²) in [5.41, 5.74) is 4.22. The molecule has 32 heavy (non-hydrogen) atoms. The minimum absolute atomic E-state index is 0.0172. The first kappa shape index (κ1) is 21.4. The van der Waals surface area contributed by atoms with Crippen molar-refractivity contribution in [3.8, 4) is 5.75 Å². The topological polar surface area (TPSA) is 80.0 Å². The van der Waals surface area contributed by atoms with Crippen LogP contribution in [0.3, 0.4) is 0 Å². The third-order valence-corrected chi connectivity index (χ3v) is 5.89. The van der Waals surface area contributed by atoms with Crippen molar-refractivity contribution in [1.29, 1.82) is 0 Å². The first-order chi connectivity index (χ1) is 15.3. The van der Waals surface area contributed by atoms with E-state index in [0.29, 0.717) is 17.1 Å². The quantitative estimate of drug-likeness (QED) is 0.355. The number of amides is 1. The fraction of sp³-hybridized carbons (Fsp3) is 0.231. The fourth-order valence-electron chi connectivity index (χ4n) is 4.11. The van der Waals surface area contributed by atoms with Crippen molar-refractivity contribution in [3.63, 3.8) is 0 Å². The lowest BCUT2D eigenvalue weighted by Crippen LogP contribution is -2.29. The lowest BCUT2D eigenvalue weighted by Gasteiger charge is -2.24. The van der Waals surface area contributed by atoms with Crippen LogP contribution in [0.5, 0.6) is 5.75 Å². The number of benzene rings is 2. The molecule has 1 fully saturated rings. The molecule has 0 aliphatic carbocycles. The van der Waals surface area contributed by atoms with Crippen LogP contribution in [0, 0.1) is 20.8 Å². The number of hydrogen-bond acceptors (Lipinski definition) is 5. The highest BCUT2D eigenvalue weighted by Gasteiger charge is 2.47. The number of carbonyl (C=O) groups excluding carboxylic acids is 2. The van der Waals surface area contributed by atoms with E-state index in [1.807, 2.05) is 39.0 Å². The molecule has 1 atom stereocenters. The van der Waals surface area contributed by atoms with Gasteiger partial charge >= 0.3 is 0 Å². The maximum absolute atomic E-state index is 13.1. The standard InChI is InChI=1S/C26H25NO5/c1-15-7-8-16(2)18(12-15)14-27-23(21-6-5-11-32-21)22(25(29)26(27)30)24(28)20-10-9-19(31-4)13-17(20)3/h5-13,23,28H,14H2,1-4H3/b24-22-. The van der Waals surface area contributed by atoms with Crippen molar-refractivity contribution >= 4 is 17.4 Å². The molecule has 2 heterocycles. The first-order valence-corrected chi connectivity index (χ1v) is 10.3. The number of methoxy groups -OCH3 is 1. The predicted molar refractivity (Wildman–Crippen MR) is 120 cm³/mol. The van der Waals surface area contributed by atoms with E-state index in [2.05, 4.69) is 0 Å². The Bertz CT molecular complexity index is 1220. The van der Waals surface area contributed by atoms with Gasteiger partial charge in [-0.25, -0.2) is 0 Å². The summed E-state index contributed by atoms with van der Waals surface area (Å²) in [6, 6.07) is 13.7. The summed E-state index contributed by atoms with van der Waals surface area (Å²) in [5, 5.41) is 11.2. The van der Waals surface area contributed by atoms with E-state index >= 15 is 0 Å². The van der Waals surface area contributed by atoms with E-state index in [0.717, 1.165) is 22.3 Å². The molecule has 1 aliphatic heterocycles. The minimum atomic E-state index is -0.827. The zero-order valence-electron chi connectivity index (χ0n) is 18.5. The highest BCUT2D eigenvalue weighted by molar-refractivity contribution is 6.46. The van der Waals surface area contributed by atoms with Crippen molar-refractivity contribution < 1.29 is 23.8 Å². The number of rotatable bonds is 5. The summed E-state index contributed by atoms with van der Waals surface area (Å²) in [6.45, 7) is 5.98. The van der Waals surface area contributed by atoms with Crippen LogP contribution >= 0.6 is 0 Å². The summed E-state index contributed by atoms with van der Waals surface area (Å²) in [5.74, 6) is -0.572. The van der Waals surface area contributed by atoms with Crippen LogP contribution in [-0.4, -0.2) is 28.8 Å². The zero-order valence-corrected chi connectivity index (χ0v) is 18.5. The van der Waals surface area contributed by atoms with Crippen LogP contribution in [0.1, 0.15) is 39.6 Å². The predicted octanol–water partition coefficient (Wildman–Crippen LogP) is 4.84. The Morgan fingerprint density at radius 1 is 1.06 bits per heavy atom. The highest BCUT2D eigenvalue weighted by Crippen LogP contribution is 2.41. The van der Waals surface area contributed by atoms with E-state index in [9.17, 15) is 14.7 Å². The highest BCUT2D eigenvalue weighted by atomic mass is 16.5. The van der Waals surface area contributed by atoms with Gasteiger partial charge in [0, 0.05) is 12.1 Å². The third kappa shape index (κ3) is 3.68. The van der Waals surface area contributed by atoms with E-state index in [1.54, 1.807) is 37.4 Å². The molecule has 164 valence electrons. The van der Waals surface area contributed by atoms with Gasteiger partial charge in [-0.05, 0) is 67.8 Å². The number of ether oxygens (including phenoxy) is 1. The van der Waals surface area contributed by atoms with Crippen molar-refractivity contribution in [2.24, 2.45) is 0 Å². The molecular formula is C26H25NO5. The number of Topliss-reactive ketones (excluding diaryl/α,β-unsaturated/α-hetero) is 1. The molecule has 1 aliphatic rings. The van der Waals surface area contributed by atoms with Crippen LogP contribution < -0.4 is 4.74 Å². The molecule has 1 saturated heterocycles. The molecule has 0 spiro atoms. The Kier molecular flexibility index (Phi) is 5.61. The van der Waals surface area contributed by atoms with Gasteiger partial charge in [-0.1, -0.05) is 23.8 Å². The number of nitrogens with zero attached hydrogens (tertiary/aromatic N) is 1. The maximum atomic E-state index is 13.1. The average Bonchev–Trinajstić information content (AvgIpc) is 3.38. The van der Waals surface area contributed by atoms with Crippen LogP contribution in [0.25, 0.3) is 5.76 Å². The summed E-state index contributed by atoms with van der Waals surface area (Å²) in [7, 11) is 1.56. The molecule has 4 rings (SSSR count). The number of carbonyl (C=O) groups is 2. The van der Waals surface area contributed by atoms with Crippen LogP contribution in [0.15, 0.2) is 64.8 Å². The van der Waals surface area contributed by atoms with Gasteiger partial charge in [0.2, 0.25) is 0 Å². The van der Waals surface area contributed by atoms with Gasteiger partial charge in [0.1, 0.15) is 23.3 Å². The molecule has 3 aromatic rings. The molecular weight excluding hydrogens is 406 g/mol. The Hall–Kier alpha value is -3.80. The van der Waals surface area contributed by atoms with Gasteiger partial charge in [-0.15, -0.1) is 0 Å². The molecule has 0 saturated carbocycles. The number of aliphatic hydroxyl groups excluding tert-OH is 1. The average molecular weight is 431 g/mol. The molecule has 6 heteroatoms. The van der Waals surface area contributed by atoms with E-state index in [-0.39, 0.29) is 17.9 Å². The number of likely N-dealkylation sites (tertiary alicyclic amines) is 1. The molecule has 2 aromatic carbocycles. The third-order valence-electron chi connectivity index (χ3n) is 5.89. The van der Waals surface area contributed by atoms with Gasteiger partial charge < -0.3 is 19.2 Å². The lowest BCUT2D eigenvalue weighted by molar-refractivity contribution is -0.140. The maximum Gasteiger partial charge on any atom is 0.296 e.